The molecule has 5 heteroatoms. The molecule has 3 aromatic rings. The number of anilines is 1. The molecule has 4 nitrogen and oxygen atoms in total. The van der Waals surface area contributed by atoms with Crippen molar-refractivity contribution in [3.05, 3.63) is 88.0 Å². The SMILES string of the molecule is Cc1ccc(F)c(NC(=O)c2ccc(-c3ccccc3)[nH]c2=O)c1. The molecule has 0 saturated heterocycles. The second-order valence-corrected chi connectivity index (χ2v) is 5.42. The van der Waals surface area contributed by atoms with Crippen molar-refractivity contribution in [2.45, 2.75) is 6.92 Å². The van der Waals surface area contributed by atoms with E-state index in [2.05, 4.69) is 10.3 Å². The standard InChI is InChI=1S/C19H15FN2O2/c1-12-7-9-15(20)17(11-12)22-19(24)14-8-10-16(21-18(14)23)13-5-3-2-4-6-13/h2-11H,1H3,(H,21,23)(H,22,24). The summed E-state index contributed by atoms with van der Waals surface area (Å²) in [6, 6.07) is 16.8. The predicted molar refractivity (Wildman–Crippen MR) is 91.6 cm³/mol. The molecule has 120 valence electrons. The molecule has 0 spiro atoms. The van der Waals surface area contributed by atoms with E-state index in [9.17, 15) is 14.0 Å². The molecular weight excluding hydrogens is 307 g/mol. The molecule has 1 heterocycles. The molecule has 1 aromatic heterocycles. The summed E-state index contributed by atoms with van der Waals surface area (Å²) in [4.78, 5) is 27.1. The molecule has 0 radical (unpaired) electrons. The van der Waals surface area contributed by atoms with Gasteiger partial charge in [0.05, 0.1) is 5.69 Å². The molecule has 0 aliphatic heterocycles. The Morgan fingerprint density at radius 3 is 2.50 bits per heavy atom. The number of pyridine rings is 1. The summed E-state index contributed by atoms with van der Waals surface area (Å²) in [5.41, 5.74) is 1.70. The Bertz CT molecular complexity index is 949. The van der Waals surface area contributed by atoms with Crippen LogP contribution in [0.4, 0.5) is 10.1 Å². The fourth-order valence-electron chi connectivity index (χ4n) is 2.36. The first-order valence-corrected chi connectivity index (χ1v) is 7.41. The van der Waals surface area contributed by atoms with Crippen LogP contribution in [-0.4, -0.2) is 10.9 Å². The first kappa shape index (κ1) is 15.7. The number of aryl methyl sites for hydroxylation is 1. The van der Waals surface area contributed by atoms with Crippen LogP contribution in [0.25, 0.3) is 11.3 Å². The lowest BCUT2D eigenvalue weighted by Crippen LogP contribution is -2.23. The Hall–Kier alpha value is -3.21. The molecule has 0 aliphatic rings. The van der Waals surface area contributed by atoms with Crippen molar-refractivity contribution in [1.29, 1.82) is 0 Å². The topological polar surface area (TPSA) is 62.0 Å². The highest BCUT2D eigenvalue weighted by molar-refractivity contribution is 6.04. The van der Waals surface area contributed by atoms with Crippen LogP contribution in [0.2, 0.25) is 0 Å². The molecular formula is C19H15FN2O2. The minimum Gasteiger partial charge on any atom is -0.321 e. The van der Waals surface area contributed by atoms with Gasteiger partial charge in [-0.2, -0.15) is 0 Å². The zero-order chi connectivity index (χ0) is 17.1. The number of carbonyl (C=O) groups is 1. The lowest BCUT2D eigenvalue weighted by atomic mass is 10.1. The summed E-state index contributed by atoms with van der Waals surface area (Å²) in [6.07, 6.45) is 0. The van der Waals surface area contributed by atoms with Crippen LogP contribution in [0, 0.1) is 12.7 Å². The van der Waals surface area contributed by atoms with Gasteiger partial charge in [0.25, 0.3) is 11.5 Å². The van der Waals surface area contributed by atoms with Gasteiger partial charge in [0, 0.05) is 5.69 Å². The van der Waals surface area contributed by atoms with E-state index >= 15 is 0 Å². The maximum atomic E-state index is 13.7. The highest BCUT2D eigenvalue weighted by Crippen LogP contribution is 2.17. The number of aromatic amines is 1. The second kappa shape index (κ2) is 6.50. The predicted octanol–water partition coefficient (Wildman–Crippen LogP) is 3.74. The fourth-order valence-corrected chi connectivity index (χ4v) is 2.36. The summed E-state index contributed by atoms with van der Waals surface area (Å²) in [7, 11) is 0. The summed E-state index contributed by atoms with van der Waals surface area (Å²) < 4.78 is 13.7. The van der Waals surface area contributed by atoms with Gasteiger partial charge in [-0.05, 0) is 42.3 Å². The van der Waals surface area contributed by atoms with E-state index in [1.165, 1.54) is 18.2 Å². The molecule has 0 atom stereocenters. The van der Waals surface area contributed by atoms with E-state index in [4.69, 9.17) is 0 Å². The Balaban J connectivity index is 1.88. The Labute approximate surface area is 138 Å². The molecule has 3 rings (SSSR count). The van der Waals surface area contributed by atoms with Crippen LogP contribution in [0.15, 0.2) is 65.5 Å². The third kappa shape index (κ3) is 3.25. The summed E-state index contributed by atoms with van der Waals surface area (Å²) in [5, 5.41) is 2.43. The third-order valence-corrected chi connectivity index (χ3v) is 3.61. The number of hydrogen-bond acceptors (Lipinski definition) is 2. The largest absolute Gasteiger partial charge is 0.321 e. The van der Waals surface area contributed by atoms with Crippen LogP contribution >= 0.6 is 0 Å². The molecule has 0 bridgehead atoms. The minimum atomic E-state index is -0.652. The molecule has 0 aliphatic carbocycles. The number of nitrogens with one attached hydrogen (secondary N) is 2. The van der Waals surface area contributed by atoms with Crippen molar-refractivity contribution in [1.82, 2.24) is 4.98 Å². The van der Waals surface area contributed by atoms with Gasteiger partial charge in [-0.25, -0.2) is 4.39 Å². The van der Waals surface area contributed by atoms with E-state index in [0.29, 0.717) is 5.69 Å². The van der Waals surface area contributed by atoms with Crippen molar-refractivity contribution >= 4 is 11.6 Å². The van der Waals surface area contributed by atoms with E-state index in [1.54, 1.807) is 19.1 Å². The Morgan fingerprint density at radius 2 is 1.79 bits per heavy atom. The summed E-state index contributed by atoms with van der Waals surface area (Å²) in [6.45, 7) is 1.79. The number of rotatable bonds is 3. The molecule has 24 heavy (non-hydrogen) atoms. The number of carbonyl (C=O) groups excluding carboxylic acids is 1. The van der Waals surface area contributed by atoms with E-state index in [1.807, 2.05) is 30.3 Å². The molecule has 0 fully saturated rings. The maximum absolute atomic E-state index is 13.7. The number of amides is 1. The van der Waals surface area contributed by atoms with Gasteiger partial charge in [-0.15, -0.1) is 0 Å². The number of hydrogen-bond donors (Lipinski definition) is 2. The van der Waals surface area contributed by atoms with Crippen molar-refractivity contribution in [2.24, 2.45) is 0 Å². The van der Waals surface area contributed by atoms with E-state index in [-0.39, 0.29) is 11.3 Å². The molecule has 0 unspecified atom stereocenters. The highest BCUT2D eigenvalue weighted by atomic mass is 19.1. The quantitative estimate of drug-likeness (QED) is 0.771. The maximum Gasteiger partial charge on any atom is 0.261 e. The van der Waals surface area contributed by atoms with Crippen LogP contribution in [0.3, 0.4) is 0 Å². The van der Waals surface area contributed by atoms with Crippen molar-refractivity contribution in [2.75, 3.05) is 5.32 Å². The second-order valence-electron chi connectivity index (χ2n) is 5.42. The Kier molecular flexibility index (Phi) is 4.24. The summed E-state index contributed by atoms with van der Waals surface area (Å²) in [5.74, 6) is -1.20. The minimum absolute atomic E-state index is 0.0477. The number of aromatic nitrogens is 1. The van der Waals surface area contributed by atoms with Gasteiger partial charge < -0.3 is 10.3 Å². The average Bonchev–Trinajstić information content (AvgIpc) is 2.58. The van der Waals surface area contributed by atoms with Crippen LogP contribution in [-0.2, 0) is 0 Å². The first-order chi connectivity index (χ1) is 11.5. The highest BCUT2D eigenvalue weighted by Gasteiger charge is 2.13. The molecule has 2 N–H and O–H groups in total. The van der Waals surface area contributed by atoms with Gasteiger partial charge in [0.1, 0.15) is 11.4 Å². The zero-order valence-electron chi connectivity index (χ0n) is 13.0. The number of halogens is 1. The van der Waals surface area contributed by atoms with Crippen LogP contribution in [0.1, 0.15) is 15.9 Å². The summed E-state index contributed by atoms with van der Waals surface area (Å²) >= 11 is 0. The smallest absolute Gasteiger partial charge is 0.261 e. The van der Waals surface area contributed by atoms with Gasteiger partial charge in [0.15, 0.2) is 0 Å². The zero-order valence-corrected chi connectivity index (χ0v) is 13.0. The monoisotopic (exact) mass is 322 g/mol. The number of H-pyrrole nitrogens is 1. The van der Waals surface area contributed by atoms with Crippen LogP contribution < -0.4 is 10.9 Å². The van der Waals surface area contributed by atoms with E-state index in [0.717, 1.165) is 11.1 Å². The lowest BCUT2D eigenvalue weighted by molar-refractivity contribution is 0.102. The van der Waals surface area contributed by atoms with Gasteiger partial charge in [-0.3, -0.25) is 9.59 Å². The lowest BCUT2D eigenvalue weighted by Gasteiger charge is -2.08. The van der Waals surface area contributed by atoms with E-state index < -0.39 is 17.3 Å². The van der Waals surface area contributed by atoms with Crippen molar-refractivity contribution in [3.63, 3.8) is 0 Å². The Morgan fingerprint density at radius 1 is 1.04 bits per heavy atom. The molecule has 1 amide bonds. The average molecular weight is 322 g/mol. The third-order valence-electron chi connectivity index (χ3n) is 3.61. The molecule has 2 aromatic carbocycles. The van der Waals surface area contributed by atoms with Gasteiger partial charge in [-0.1, -0.05) is 36.4 Å². The first-order valence-electron chi connectivity index (χ1n) is 7.41. The normalized spacial score (nSPS) is 10.4. The number of benzene rings is 2. The van der Waals surface area contributed by atoms with Crippen molar-refractivity contribution < 1.29 is 9.18 Å². The van der Waals surface area contributed by atoms with Crippen molar-refractivity contribution in [3.8, 4) is 11.3 Å². The van der Waals surface area contributed by atoms with Gasteiger partial charge in [0.2, 0.25) is 0 Å². The van der Waals surface area contributed by atoms with Crippen LogP contribution in [0.5, 0.6) is 0 Å². The fraction of sp³-hybridized carbons (Fsp3) is 0.0526. The van der Waals surface area contributed by atoms with Gasteiger partial charge >= 0.3 is 0 Å². The molecule has 0 saturated carbocycles.